The van der Waals surface area contributed by atoms with Gasteiger partial charge in [-0.15, -0.1) is 0 Å². The lowest BCUT2D eigenvalue weighted by Gasteiger charge is -2.09. The molecule has 0 radical (unpaired) electrons. The topological polar surface area (TPSA) is 80.6 Å². The van der Waals surface area contributed by atoms with Crippen molar-refractivity contribution in [2.45, 2.75) is 12.8 Å². The minimum absolute atomic E-state index is 0.0155. The van der Waals surface area contributed by atoms with E-state index in [2.05, 4.69) is 5.32 Å². The summed E-state index contributed by atoms with van der Waals surface area (Å²) >= 11 is 0. The number of benzene rings is 1. The number of nitrogens with zero attached hydrogens (tertiary/aromatic N) is 1. The predicted molar refractivity (Wildman–Crippen MR) is 88.4 cm³/mol. The normalized spacial score (nSPS) is 17.5. The maximum Gasteiger partial charge on any atom is 0.339 e. The minimum Gasteiger partial charge on any atom is -0.462 e. The van der Waals surface area contributed by atoms with Gasteiger partial charge < -0.3 is 19.7 Å². The number of hydrogen-bond acceptors (Lipinski definition) is 4. The fourth-order valence-corrected chi connectivity index (χ4v) is 3.23. The van der Waals surface area contributed by atoms with Gasteiger partial charge in [-0.25, -0.2) is 4.79 Å². The number of cyclic esters (lactones) is 1. The number of fused-ring (bicyclic) bond motifs is 2. The number of esters is 1. The van der Waals surface area contributed by atoms with Gasteiger partial charge in [-0.3, -0.25) is 4.79 Å². The summed E-state index contributed by atoms with van der Waals surface area (Å²) in [5.41, 5.74) is 4.45. The second kappa shape index (κ2) is 5.65. The van der Waals surface area contributed by atoms with Crippen molar-refractivity contribution in [1.82, 2.24) is 4.57 Å². The Hall–Kier alpha value is -2.86. The van der Waals surface area contributed by atoms with E-state index in [0.29, 0.717) is 30.6 Å². The molecule has 4 rings (SSSR count). The zero-order valence-corrected chi connectivity index (χ0v) is 12.9. The molecular weight excluding hydrogens is 308 g/mol. The molecule has 6 nitrogen and oxygen atoms in total. The van der Waals surface area contributed by atoms with Crippen LogP contribution in [-0.4, -0.2) is 34.8 Å². The third-order valence-corrected chi connectivity index (χ3v) is 4.33. The van der Waals surface area contributed by atoms with Crippen molar-refractivity contribution in [2.24, 2.45) is 0 Å². The molecule has 1 amide bonds. The van der Waals surface area contributed by atoms with Crippen LogP contribution >= 0.6 is 0 Å². The van der Waals surface area contributed by atoms with Crippen LogP contribution in [0.3, 0.4) is 0 Å². The van der Waals surface area contributed by atoms with Crippen LogP contribution in [0.4, 0.5) is 5.69 Å². The van der Waals surface area contributed by atoms with E-state index in [1.165, 1.54) is 0 Å². The Morgan fingerprint density at radius 1 is 1.29 bits per heavy atom. The summed E-state index contributed by atoms with van der Waals surface area (Å²) < 4.78 is 6.77. The van der Waals surface area contributed by atoms with Crippen LogP contribution in [0.2, 0.25) is 0 Å². The first-order valence-corrected chi connectivity index (χ1v) is 7.81. The van der Waals surface area contributed by atoms with Crippen LogP contribution in [0.1, 0.15) is 27.0 Å². The van der Waals surface area contributed by atoms with E-state index in [1.54, 1.807) is 17.0 Å². The third-order valence-electron chi connectivity index (χ3n) is 4.33. The number of ether oxygens (including phenoxy) is 1. The highest BCUT2D eigenvalue weighted by Gasteiger charge is 2.27. The van der Waals surface area contributed by atoms with Crippen LogP contribution in [-0.2, 0) is 22.4 Å². The van der Waals surface area contributed by atoms with Crippen molar-refractivity contribution in [1.29, 1.82) is 0 Å². The third kappa shape index (κ3) is 2.32. The summed E-state index contributed by atoms with van der Waals surface area (Å²) in [5.74, 6) is -0.518. The molecular formula is C18H16N2O4. The molecule has 2 aliphatic rings. The quantitative estimate of drug-likeness (QED) is 0.665. The van der Waals surface area contributed by atoms with Crippen molar-refractivity contribution < 1.29 is 19.4 Å². The lowest BCUT2D eigenvalue weighted by Crippen LogP contribution is -2.15. The summed E-state index contributed by atoms with van der Waals surface area (Å²) in [6, 6.07) is 5.60. The van der Waals surface area contributed by atoms with E-state index < -0.39 is 0 Å². The SMILES string of the molecule is O=C1Nc2cccc(CCO)c2C1=Cn1cc2c(c1)C(=O)OCC2. The molecule has 2 aliphatic heterocycles. The molecule has 122 valence electrons. The highest BCUT2D eigenvalue weighted by molar-refractivity contribution is 6.34. The molecule has 2 N–H and O–H groups in total. The first-order chi connectivity index (χ1) is 11.7. The zero-order valence-electron chi connectivity index (χ0n) is 12.9. The standard InChI is InChI=1S/C18H16N2O4/c21-6-4-11-2-1-3-15-16(11)14(17(22)19-15)10-20-8-12-5-7-24-18(23)13(12)9-20/h1-3,8-10,21H,4-7H2,(H,19,22). The van der Waals surface area contributed by atoms with Gasteiger partial charge in [-0.2, -0.15) is 0 Å². The maximum atomic E-state index is 12.4. The van der Waals surface area contributed by atoms with Crippen LogP contribution in [0, 0.1) is 0 Å². The second-order valence-corrected chi connectivity index (χ2v) is 5.84. The molecule has 0 saturated heterocycles. The summed E-state index contributed by atoms with van der Waals surface area (Å²) in [7, 11) is 0. The van der Waals surface area contributed by atoms with Crippen LogP contribution in [0.15, 0.2) is 30.6 Å². The van der Waals surface area contributed by atoms with Gasteiger partial charge in [-0.1, -0.05) is 12.1 Å². The first kappa shape index (κ1) is 14.7. The van der Waals surface area contributed by atoms with Gasteiger partial charge in [0.05, 0.1) is 17.7 Å². The number of nitrogens with one attached hydrogen (secondary N) is 1. The number of anilines is 1. The Kier molecular flexibility index (Phi) is 3.46. The summed E-state index contributed by atoms with van der Waals surface area (Å²) in [5, 5.41) is 12.1. The van der Waals surface area contributed by atoms with Crippen molar-refractivity contribution in [3.8, 4) is 0 Å². The summed E-state index contributed by atoms with van der Waals surface area (Å²) in [6.45, 7) is 0.401. The maximum absolute atomic E-state index is 12.4. The van der Waals surface area contributed by atoms with E-state index in [-0.39, 0.29) is 18.5 Å². The first-order valence-electron chi connectivity index (χ1n) is 7.81. The molecule has 6 heteroatoms. The molecule has 2 aromatic rings. The Morgan fingerprint density at radius 2 is 2.17 bits per heavy atom. The molecule has 0 saturated carbocycles. The van der Waals surface area contributed by atoms with Crippen molar-refractivity contribution in [2.75, 3.05) is 18.5 Å². The number of carbonyl (C=O) groups excluding carboxylic acids is 2. The van der Waals surface area contributed by atoms with Crippen LogP contribution < -0.4 is 5.32 Å². The number of carbonyl (C=O) groups is 2. The van der Waals surface area contributed by atoms with Gasteiger partial charge in [0.2, 0.25) is 0 Å². The monoisotopic (exact) mass is 324 g/mol. The molecule has 0 aliphatic carbocycles. The van der Waals surface area contributed by atoms with Crippen molar-refractivity contribution >= 4 is 29.3 Å². The van der Waals surface area contributed by atoms with E-state index in [0.717, 1.165) is 22.4 Å². The van der Waals surface area contributed by atoms with Gasteiger partial charge in [0.1, 0.15) is 0 Å². The Balaban J connectivity index is 1.79. The van der Waals surface area contributed by atoms with Crippen molar-refractivity contribution in [3.63, 3.8) is 0 Å². The molecule has 3 heterocycles. The number of rotatable bonds is 3. The van der Waals surface area contributed by atoms with Gasteiger partial charge in [-0.05, 0) is 23.6 Å². The fourth-order valence-electron chi connectivity index (χ4n) is 3.23. The zero-order chi connectivity index (χ0) is 16.7. The molecule has 24 heavy (non-hydrogen) atoms. The Bertz CT molecular complexity index is 879. The van der Waals surface area contributed by atoms with Gasteiger partial charge >= 0.3 is 5.97 Å². The predicted octanol–water partition coefficient (Wildman–Crippen LogP) is 1.69. The molecule has 1 aromatic carbocycles. The smallest absolute Gasteiger partial charge is 0.339 e. The number of hydrogen-bond donors (Lipinski definition) is 2. The highest BCUT2D eigenvalue weighted by atomic mass is 16.5. The summed E-state index contributed by atoms with van der Waals surface area (Å²) in [6.07, 6.45) is 6.40. The van der Waals surface area contributed by atoms with Crippen LogP contribution in [0.5, 0.6) is 0 Å². The van der Waals surface area contributed by atoms with E-state index in [4.69, 9.17) is 4.74 Å². The molecule has 0 fully saturated rings. The lowest BCUT2D eigenvalue weighted by molar-refractivity contribution is -0.110. The average Bonchev–Trinajstić information content (AvgIpc) is 3.11. The Morgan fingerprint density at radius 3 is 2.96 bits per heavy atom. The van der Waals surface area contributed by atoms with E-state index in [1.807, 2.05) is 24.4 Å². The highest BCUT2D eigenvalue weighted by Crippen LogP contribution is 2.35. The lowest BCUT2D eigenvalue weighted by atomic mass is 9.99. The second-order valence-electron chi connectivity index (χ2n) is 5.84. The van der Waals surface area contributed by atoms with Gasteiger partial charge in [0.25, 0.3) is 5.91 Å². The molecule has 0 spiro atoms. The Labute approximate surface area is 138 Å². The number of aliphatic hydroxyl groups excluding tert-OH is 1. The summed E-state index contributed by atoms with van der Waals surface area (Å²) in [4.78, 5) is 24.1. The minimum atomic E-state index is -0.328. The fraction of sp³-hybridized carbons (Fsp3) is 0.222. The number of aliphatic hydroxyl groups is 1. The number of aromatic nitrogens is 1. The molecule has 1 aromatic heterocycles. The van der Waals surface area contributed by atoms with E-state index >= 15 is 0 Å². The average molecular weight is 324 g/mol. The van der Waals surface area contributed by atoms with Gasteiger partial charge in [0.15, 0.2) is 0 Å². The molecule has 0 atom stereocenters. The van der Waals surface area contributed by atoms with E-state index in [9.17, 15) is 14.7 Å². The molecule has 0 unspecified atom stereocenters. The number of amides is 1. The van der Waals surface area contributed by atoms with Crippen molar-refractivity contribution in [3.05, 3.63) is 52.8 Å². The largest absolute Gasteiger partial charge is 0.462 e. The molecule has 0 bridgehead atoms. The van der Waals surface area contributed by atoms with Crippen LogP contribution in [0.25, 0.3) is 11.8 Å². The van der Waals surface area contributed by atoms with Gasteiger partial charge in [0, 0.05) is 42.9 Å².